The molecule has 0 radical (unpaired) electrons. The molecule has 1 aromatic heterocycles. The quantitative estimate of drug-likeness (QED) is 0.245. The first-order valence-electron chi connectivity index (χ1n) is 8.97. The van der Waals surface area contributed by atoms with Gasteiger partial charge in [-0.25, -0.2) is 9.59 Å². The largest absolute Gasteiger partial charge is 0.478 e. The van der Waals surface area contributed by atoms with Gasteiger partial charge >= 0.3 is 11.9 Å². The van der Waals surface area contributed by atoms with E-state index in [1.54, 1.807) is 30.3 Å². The van der Waals surface area contributed by atoms with E-state index in [2.05, 4.69) is 4.98 Å². The van der Waals surface area contributed by atoms with E-state index in [1.807, 2.05) is 0 Å². The minimum absolute atomic E-state index is 0.0335. The summed E-state index contributed by atoms with van der Waals surface area (Å²) >= 11 is 0. The lowest BCUT2D eigenvalue weighted by Gasteiger charge is -2.03. The van der Waals surface area contributed by atoms with Crippen LogP contribution in [-0.2, 0) is 16.0 Å². The van der Waals surface area contributed by atoms with Crippen molar-refractivity contribution in [2.45, 2.75) is 6.42 Å². The van der Waals surface area contributed by atoms with Crippen molar-refractivity contribution in [2.75, 3.05) is 0 Å². The molecule has 0 aliphatic rings. The number of aliphatic carboxylic acids is 1. The second-order valence-corrected chi connectivity index (χ2v) is 6.21. The van der Waals surface area contributed by atoms with Crippen LogP contribution >= 0.6 is 0 Å². The smallest absolute Gasteiger partial charge is 0.372 e. The molecular formula is C22H16N2O8. The van der Waals surface area contributed by atoms with Crippen molar-refractivity contribution < 1.29 is 34.3 Å². The van der Waals surface area contributed by atoms with E-state index in [9.17, 15) is 29.3 Å². The van der Waals surface area contributed by atoms with Crippen molar-refractivity contribution in [3.8, 4) is 0 Å². The fraction of sp³-hybridized carbons (Fsp3) is 0.0455. The van der Waals surface area contributed by atoms with Crippen molar-refractivity contribution in [1.29, 1.82) is 0 Å². The van der Waals surface area contributed by atoms with E-state index in [-0.39, 0.29) is 28.2 Å². The van der Waals surface area contributed by atoms with Gasteiger partial charge in [-0.1, -0.05) is 48.5 Å². The molecule has 0 amide bonds. The number of ketones is 2. The molecule has 2 aromatic carbocycles. The van der Waals surface area contributed by atoms with Crippen LogP contribution in [0.25, 0.3) is 0 Å². The highest BCUT2D eigenvalue weighted by Gasteiger charge is 2.19. The van der Waals surface area contributed by atoms with Crippen LogP contribution in [0.15, 0.2) is 73.1 Å². The summed E-state index contributed by atoms with van der Waals surface area (Å²) in [4.78, 5) is 57.8. The third-order valence-corrected chi connectivity index (χ3v) is 4.11. The first-order valence-corrected chi connectivity index (χ1v) is 8.97. The van der Waals surface area contributed by atoms with E-state index in [0.717, 1.165) is 0 Å². The number of aromatic nitrogens is 1. The molecule has 3 aromatic rings. The molecule has 0 aliphatic heterocycles. The van der Waals surface area contributed by atoms with E-state index in [0.29, 0.717) is 5.56 Å². The summed E-state index contributed by atoms with van der Waals surface area (Å²) < 4.78 is 0. The highest BCUT2D eigenvalue weighted by Crippen LogP contribution is 2.18. The van der Waals surface area contributed by atoms with Gasteiger partial charge in [0.2, 0.25) is 5.78 Å². The average molecular weight is 436 g/mol. The zero-order valence-electron chi connectivity index (χ0n) is 16.4. The fourth-order valence-electron chi connectivity index (χ4n) is 2.59. The Labute approximate surface area is 180 Å². The number of nitro benzene ring substituents is 1. The number of nitro groups is 1. The van der Waals surface area contributed by atoms with Crippen LogP contribution in [0.1, 0.15) is 31.8 Å². The number of aromatic carboxylic acids is 1. The van der Waals surface area contributed by atoms with Crippen molar-refractivity contribution in [2.24, 2.45) is 0 Å². The molecule has 0 saturated carbocycles. The SMILES string of the molecule is O=C(O)C(=O)Cc1ccccc1[N+](=O)[O-].O=C(O)c1ccncc1C(=O)c1ccccc1. The summed E-state index contributed by atoms with van der Waals surface area (Å²) in [7, 11) is 0. The Balaban J connectivity index is 0.000000229. The fourth-order valence-corrected chi connectivity index (χ4v) is 2.59. The number of carboxylic acids is 2. The van der Waals surface area contributed by atoms with Crippen molar-refractivity contribution in [1.82, 2.24) is 4.98 Å². The molecule has 10 nitrogen and oxygen atoms in total. The summed E-state index contributed by atoms with van der Waals surface area (Å²) in [6.07, 6.45) is 2.16. The Morgan fingerprint density at radius 3 is 2.09 bits per heavy atom. The minimum atomic E-state index is -1.59. The molecule has 0 aliphatic carbocycles. The third kappa shape index (κ3) is 6.13. The molecule has 0 spiro atoms. The van der Waals surface area contributed by atoms with E-state index < -0.39 is 29.1 Å². The molecule has 2 N–H and O–H groups in total. The number of rotatable bonds is 7. The number of para-hydroxylation sites is 1. The maximum absolute atomic E-state index is 12.1. The summed E-state index contributed by atoms with van der Waals surface area (Å²) in [5.41, 5.74) is 0.380. The highest BCUT2D eigenvalue weighted by molar-refractivity contribution is 6.33. The van der Waals surface area contributed by atoms with Gasteiger partial charge in [0, 0.05) is 36.0 Å². The molecule has 3 rings (SSSR count). The number of pyridine rings is 1. The van der Waals surface area contributed by atoms with Crippen molar-refractivity contribution in [3.63, 3.8) is 0 Å². The van der Waals surface area contributed by atoms with Gasteiger partial charge in [-0.15, -0.1) is 0 Å². The Bertz CT molecular complexity index is 1180. The second kappa shape index (κ2) is 10.9. The predicted molar refractivity (Wildman–Crippen MR) is 111 cm³/mol. The normalized spacial score (nSPS) is 9.75. The maximum Gasteiger partial charge on any atom is 0.372 e. The molecule has 0 bridgehead atoms. The zero-order chi connectivity index (χ0) is 23.7. The number of benzene rings is 2. The Morgan fingerprint density at radius 1 is 0.875 bits per heavy atom. The van der Waals surface area contributed by atoms with Gasteiger partial charge in [0.15, 0.2) is 5.78 Å². The Morgan fingerprint density at radius 2 is 1.50 bits per heavy atom. The predicted octanol–water partition coefficient (Wildman–Crippen LogP) is 2.80. The van der Waals surface area contributed by atoms with Gasteiger partial charge in [-0.2, -0.15) is 0 Å². The first-order chi connectivity index (χ1) is 15.2. The molecule has 0 atom stereocenters. The molecular weight excluding hydrogens is 420 g/mol. The number of Topliss-reactive ketones (excluding diaryl/α,β-unsaturated/α-hetero) is 1. The third-order valence-electron chi connectivity index (χ3n) is 4.11. The molecule has 0 saturated heterocycles. The van der Waals surface area contributed by atoms with Gasteiger partial charge in [-0.3, -0.25) is 24.7 Å². The lowest BCUT2D eigenvalue weighted by Crippen LogP contribution is -2.15. The van der Waals surface area contributed by atoms with Crippen molar-refractivity contribution in [3.05, 3.63) is 105 Å². The summed E-state index contributed by atoms with van der Waals surface area (Å²) in [5.74, 6) is -4.12. The van der Waals surface area contributed by atoms with Crippen LogP contribution in [0.4, 0.5) is 5.69 Å². The van der Waals surface area contributed by atoms with E-state index in [1.165, 1.54) is 42.7 Å². The molecule has 10 heteroatoms. The van der Waals surface area contributed by atoms with Crippen LogP contribution in [0.2, 0.25) is 0 Å². The number of carbonyl (C=O) groups excluding carboxylic acids is 2. The Kier molecular flexibility index (Phi) is 8.00. The molecule has 1 heterocycles. The summed E-state index contributed by atoms with van der Waals surface area (Å²) in [6, 6.07) is 15.4. The van der Waals surface area contributed by atoms with Gasteiger partial charge in [0.05, 0.1) is 16.1 Å². The van der Waals surface area contributed by atoms with E-state index >= 15 is 0 Å². The monoisotopic (exact) mass is 436 g/mol. The zero-order valence-corrected chi connectivity index (χ0v) is 16.4. The summed E-state index contributed by atoms with van der Waals surface area (Å²) in [6.45, 7) is 0. The molecule has 0 unspecified atom stereocenters. The lowest BCUT2D eigenvalue weighted by atomic mass is 10.0. The number of carboxylic acid groups (broad SMARTS) is 2. The number of nitrogens with zero attached hydrogens (tertiary/aromatic N) is 2. The maximum atomic E-state index is 12.1. The van der Waals surface area contributed by atoms with Gasteiger partial charge in [0.1, 0.15) is 0 Å². The van der Waals surface area contributed by atoms with Crippen LogP contribution < -0.4 is 0 Å². The van der Waals surface area contributed by atoms with Crippen LogP contribution in [0, 0.1) is 10.1 Å². The Hall–Kier alpha value is -4.73. The van der Waals surface area contributed by atoms with Gasteiger partial charge in [0.25, 0.3) is 5.69 Å². The van der Waals surface area contributed by atoms with Crippen LogP contribution in [0.5, 0.6) is 0 Å². The highest BCUT2D eigenvalue weighted by atomic mass is 16.6. The van der Waals surface area contributed by atoms with E-state index in [4.69, 9.17) is 10.2 Å². The summed E-state index contributed by atoms with van der Waals surface area (Å²) in [5, 5.41) is 27.9. The van der Waals surface area contributed by atoms with Crippen LogP contribution in [0.3, 0.4) is 0 Å². The minimum Gasteiger partial charge on any atom is -0.478 e. The standard InChI is InChI=1S/C13H9NO3.C9H7NO5/c15-12(9-4-2-1-3-5-9)11-8-14-7-6-10(11)13(16)17;11-8(9(12)13)5-6-3-1-2-4-7(6)10(14)15/h1-8H,(H,16,17);1-4H,5H2,(H,12,13). The topological polar surface area (TPSA) is 165 Å². The second-order valence-electron chi connectivity index (χ2n) is 6.21. The number of hydrogen-bond acceptors (Lipinski definition) is 7. The van der Waals surface area contributed by atoms with Gasteiger partial charge in [-0.05, 0) is 6.07 Å². The van der Waals surface area contributed by atoms with Crippen LogP contribution in [-0.4, -0.2) is 43.6 Å². The van der Waals surface area contributed by atoms with Crippen molar-refractivity contribution >= 4 is 29.2 Å². The molecule has 32 heavy (non-hydrogen) atoms. The van der Waals surface area contributed by atoms with Gasteiger partial charge < -0.3 is 10.2 Å². The number of carbonyl (C=O) groups is 4. The molecule has 162 valence electrons. The number of hydrogen-bond donors (Lipinski definition) is 2. The average Bonchev–Trinajstić information content (AvgIpc) is 2.79. The molecule has 0 fully saturated rings. The lowest BCUT2D eigenvalue weighted by molar-refractivity contribution is -0.385. The first kappa shape index (κ1) is 23.5.